The number of nitrogens with zero attached hydrogens (tertiary/aromatic N) is 2. The van der Waals surface area contributed by atoms with Crippen LogP contribution in [-0.2, 0) is 0 Å². The lowest BCUT2D eigenvalue weighted by atomic mass is 10.1. The van der Waals surface area contributed by atoms with Gasteiger partial charge in [0, 0.05) is 19.3 Å². The highest BCUT2D eigenvalue weighted by molar-refractivity contribution is 5.42. The predicted octanol–water partition coefficient (Wildman–Crippen LogP) is 2.36. The van der Waals surface area contributed by atoms with Crippen LogP contribution < -0.4 is 5.32 Å². The Hall–Kier alpha value is -1.16. The van der Waals surface area contributed by atoms with E-state index in [9.17, 15) is 4.39 Å². The topological polar surface area (TPSA) is 28.2 Å². The van der Waals surface area contributed by atoms with Crippen molar-refractivity contribution in [2.75, 3.05) is 31.5 Å². The van der Waals surface area contributed by atoms with E-state index in [1.165, 1.54) is 32.1 Å². The maximum absolute atomic E-state index is 13.3. The Morgan fingerprint density at radius 3 is 3.24 bits per heavy atom. The zero-order chi connectivity index (χ0) is 12.1. The van der Waals surface area contributed by atoms with Crippen LogP contribution in [0, 0.1) is 11.7 Å². The molecule has 0 radical (unpaired) electrons. The molecule has 0 bridgehead atoms. The number of likely N-dealkylation sites (tertiary alicyclic amines) is 1. The second-order valence-corrected chi connectivity index (χ2v) is 4.69. The first-order chi connectivity index (χ1) is 8.29. The van der Waals surface area contributed by atoms with Gasteiger partial charge in [0.1, 0.15) is 0 Å². The van der Waals surface area contributed by atoms with Crippen LogP contribution in [0.2, 0.25) is 0 Å². The first-order valence-electron chi connectivity index (χ1n) is 6.35. The molecule has 0 unspecified atom stereocenters. The lowest BCUT2D eigenvalue weighted by Gasteiger charge is -2.15. The number of rotatable bonds is 5. The molecular formula is C13H20FN3. The number of halogens is 1. The van der Waals surface area contributed by atoms with Crippen LogP contribution in [0.15, 0.2) is 18.5 Å². The molecule has 0 amide bonds. The molecule has 0 aliphatic carbocycles. The third-order valence-electron chi connectivity index (χ3n) is 3.26. The molecule has 1 aromatic heterocycles. The van der Waals surface area contributed by atoms with E-state index in [0.29, 0.717) is 11.6 Å². The number of nitrogens with one attached hydrogen (secondary N) is 1. The summed E-state index contributed by atoms with van der Waals surface area (Å²) in [6, 6.07) is 1.69. The Balaban J connectivity index is 1.78. The fraction of sp³-hybridized carbons (Fsp3) is 0.615. The lowest BCUT2D eigenvalue weighted by molar-refractivity contribution is 0.327. The second kappa shape index (κ2) is 5.96. The van der Waals surface area contributed by atoms with E-state index < -0.39 is 0 Å². The summed E-state index contributed by atoms with van der Waals surface area (Å²) in [7, 11) is 0. The van der Waals surface area contributed by atoms with Gasteiger partial charge in [-0.3, -0.25) is 4.98 Å². The average Bonchev–Trinajstić information content (AvgIpc) is 2.76. The second-order valence-electron chi connectivity index (χ2n) is 4.69. The van der Waals surface area contributed by atoms with Gasteiger partial charge in [0.05, 0.1) is 11.9 Å². The third-order valence-corrected chi connectivity index (χ3v) is 3.26. The summed E-state index contributed by atoms with van der Waals surface area (Å²) in [6.45, 7) is 6.55. The Labute approximate surface area is 102 Å². The van der Waals surface area contributed by atoms with Crippen LogP contribution >= 0.6 is 0 Å². The average molecular weight is 237 g/mol. The minimum atomic E-state index is -0.268. The van der Waals surface area contributed by atoms with Crippen LogP contribution in [0.1, 0.15) is 19.8 Å². The van der Waals surface area contributed by atoms with Gasteiger partial charge in [-0.2, -0.15) is 0 Å². The van der Waals surface area contributed by atoms with E-state index >= 15 is 0 Å². The lowest BCUT2D eigenvalue weighted by Crippen LogP contribution is -2.23. The highest BCUT2D eigenvalue weighted by Crippen LogP contribution is 2.18. The van der Waals surface area contributed by atoms with Gasteiger partial charge in [-0.25, -0.2) is 4.39 Å². The predicted molar refractivity (Wildman–Crippen MR) is 67.5 cm³/mol. The molecule has 1 saturated heterocycles. The van der Waals surface area contributed by atoms with Crippen LogP contribution in [0.4, 0.5) is 10.1 Å². The van der Waals surface area contributed by atoms with Crippen LogP contribution in [-0.4, -0.2) is 36.1 Å². The summed E-state index contributed by atoms with van der Waals surface area (Å²) in [5.74, 6) is 0.366. The van der Waals surface area contributed by atoms with Crippen molar-refractivity contribution >= 4 is 5.69 Å². The zero-order valence-electron chi connectivity index (χ0n) is 10.3. The molecule has 1 aliphatic heterocycles. The fourth-order valence-electron chi connectivity index (χ4n) is 2.37. The van der Waals surface area contributed by atoms with Gasteiger partial charge in [-0.05, 0) is 37.9 Å². The molecule has 1 aromatic rings. The summed E-state index contributed by atoms with van der Waals surface area (Å²) in [5.41, 5.74) is 0.564. The first kappa shape index (κ1) is 12.3. The number of pyridine rings is 1. The molecule has 3 nitrogen and oxygen atoms in total. The zero-order valence-corrected chi connectivity index (χ0v) is 10.3. The van der Waals surface area contributed by atoms with E-state index in [0.717, 1.165) is 13.1 Å². The van der Waals surface area contributed by atoms with Gasteiger partial charge >= 0.3 is 0 Å². The summed E-state index contributed by atoms with van der Waals surface area (Å²) in [5, 5.41) is 3.18. The Kier molecular flexibility index (Phi) is 4.31. The van der Waals surface area contributed by atoms with Crippen molar-refractivity contribution in [1.82, 2.24) is 9.88 Å². The summed E-state index contributed by atoms with van der Waals surface area (Å²) >= 11 is 0. The van der Waals surface area contributed by atoms with E-state index in [2.05, 4.69) is 22.1 Å². The standard InChI is InChI=1S/C13H20FN3/c1-2-6-17-7-4-11(10-17)8-16-13-3-5-15-9-12(13)14/h3,5,9,11H,2,4,6-8,10H2,1H3,(H,15,16)/t11-/m0/s1. The van der Waals surface area contributed by atoms with Crippen LogP contribution in [0.25, 0.3) is 0 Å². The van der Waals surface area contributed by atoms with Crippen molar-refractivity contribution in [1.29, 1.82) is 0 Å². The van der Waals surface area contributed by atoms with Gasteiger partial charge < -0.3 is 10.2 Å². The minimum absolute atomic E-state index is 0.268. The molecule has 4 heteroatoms. The molecule has 0 aromatic carbocycles. The van der Waals surface area contributed by atoms with Gasteiger partial charge in [0.2, 0.25) is 0 Å². The molecule has 94 valence electrons. The molecule has 1 N–H and O–H groups in total. The Morgan fingerprint density at radius 2 is 2.47 bits per heavy atom. The SMILES string of the molecule is CCCN1CC[C@@H](CNc2ccncc2F)C1. The number of hydrogen-bond donors (Lipinski definition) is 1. The summed E-state index contributed by atoms with van der Waals surface area (Å²) in [4.78, 5) is 6.22. The molecule has 1 fully saturated rings. The first-order valence-corrected chi connectivity index (χ1v) is 6.35. The number of anilines is 1. The van der Waals surface area contributed by atoms with E-state index in [4.69, 9.17) is 0 Å². The minimum Gasteiger partial charge on any atom is -0.382 e. The molecule has 0 saturated carbocycles. The third kappa shape index (κ3) is 3.40. The van der Waals surface area contributed by atoms with Crippen LogP contribution in [0.3, 0.4) is 0 Å². The van der Waals surface area contributed by atoms with Crippen LogP contribution in [0.5, 0.6) is 0 Å². The normalized spacial score (nSPS) is 20.7. The Morgan fingerprint density at radius 1 is 1.59 bits per heavy atom. The highest BCUT2D eigenvalue weighted by atomic mass is 19.1. The van der Waals surface area contributed by atoms with Crippen molar-refractivity contribution in [3.8, 4) is 0 Å². The van der Waals surface area contributed by atoms with Crippen molar-refractivity contribution in [2.24, 2.45) is 5.92 Å². The molecule has 2 rings (SSSR count). The highest BCUT2D eigenvalue weighted by Gasteiger charge is 2.21. The van der Waals surface area contributed by atoms with Crippen molar-refractivity contribution < 1.29 is 4.39 Å². The Bertz CT molecular complexity index is 356. The van der Waals surface area contributed by atoms with Crippen molar-refractivity contribution in [3.05, 3.63) is 24.3 Å². The number of hydrogen-bond acceptors (Lipinski definition) is 3. The van der Waals surface area contributed by atoms with Gasteiger partial charge in [0.25, 0.3) is 0 Å². The molecule has 1 atom stereocenters. The van der Waals surface area contributed by atoms with E-state index in [1.54, 1.807) is 12.3 Å². The fourth-order valence-corrected chi connectivity index (χ4v) is 2.37. The maximum atomic E-state index is 13.3. The van der Waals surface area contributed by atoms with Gasteiger partial charge in [-0.15, -0.1) is 0 Å². The van der Waals surface area contributed by atoms with E-state index in [-0.39, 0.29) is 5.82 Å². The molecule has 0 spiro atoms. The smallest absolute Gasteiger partial charge is 0.164 e. The summed E-state index contributed by atoms with van der Waals surface area (Å²) in [6.07, 6.45) is 5.28. The van der Waals surface area contributed by atoms with E-state index in [1.807, 2.05) is 0 Å². The largest absolute Gasteiger partial charge is 0.382 e. The monoisotopic (exact) mass is 237 g/mol. The molecular weight excluding hydrogens is 217 g/mol. The maximum Gasteiger partial charge on any atom is 0.164 e. The van der Waals surface area contributed by atoms with Gasteiger partial charge in [0.15, 0.2) is 5.82 Å². The molecule has 1 aliphatic rings. The van der Waals surface area contributed by atoms with Crippen molar-refractivity contribution in [3.63, 3.8) is 0 Å². The quantitative estimate of drug-likeness (QED) is 0.852. The van der Waals surface area contributed by atoms with Gasteiger partial charge in [-0.1, -0.05) is 6.92 Å². The number of aromatic nitrogens is 1. The summed E-state index contributed by atoms with van der Waals surface area (Å²) < 4.78 is 13.3. The molecule has 17 heavy (non-hydrogen) atoms. The molecule has 2 heterocycles. The van der Waals surface area contributed by atoms with Crippen molar-refractivity contribution in [2.45, 2.75) is 19.8 Å².